The molecule has 19 heavy (non-hydrogen) atoms. The molecule has 0 aliphatic carbocycles. The van der Waals surface area contributed by atoms with E-state index in [1.807, 2.05) is 6.92 Å². The maximum atomic E-state index is 11.9. The number of nitrogens with one attached hydrogen (secondary N) is 1. The first-order valence-corrected chi connectivity index (χ1v) is 6.54. The number of halogens is 1. The first-order chi connectivity index (χ1) is 9.17. The third kappa shape index (κ3) is 2.93. The Morgan fingerprint density at radius 1 is 1.47 bits per heavy atom. The summed E-state index contributed by atoms with van der Waals surface area (Å²) in [5, 5.41) is 3.50. The summed E-state index contributed by atoms with van der Waals surface area (Å²) in [6.45, 7) is 4.80. The molecule has 0 saturated carbocycles. The number of ether oxygens (including phenoxy) is 3. The SMILES string of the molecule is CCNC(C(=O)OCC)c1cc(Cl)c2c(c1)OCO2. The van der Waals surface area contributed by atoms with E-state index in [1.165, 1.54) is 0 Å². The zero-order chi connectivity index (χ0) is 13.8. The molecule has 0 bridgehead atoms. The summed E-state index contributed by atoms with van der Waals surface area (Å²) in [6, 6.07) is 2.88. The van der Waals surface area contributed by atoms with Crippen LogP contribution in [-0.2, 0) is 9.53 Å². The predicted molar refractivity (Wildman–Crippen MR) is 70.6 cm³/mol. The minimum atomic E-state index is -0.558. The van der Waals surface area contributed by atoms with Gasteiger partial charge in [0, 0.05) is 0 Å². The van der Waals surface area contributed by atoms with Crippen LogP contribution < -0.4 is 14.8 Å². The predicted octanol–water partition coefficient (Wildman–Crippen LogP) is 2.28. The summed E-state index contributed by atoms with van der Waals surface area (Å²) in [5.41, 5.74) is 0.703. The molecule has 0 radical (unpaired) electrons. The van der Waals surface area contributed by atoms with Crippen LogP contribution in [0.15, 0.2) is 12.1 Å². The van der Waals surface area contributed by atoms with Gasteiger partial charge in [0.15, 0.2) is 11.5 Å². The average Bonchev–Trinajstić information content (AvgIpc) is 2.84. The Kier molecular flexibility index (Phi) is 4.50. The van der Waals surface area contributed by atoms with Gasteiger partial charge in [-0.05, 0) is 31.2 Å². The van der Waals surface area contributed by atoms with Gasteiger partial charge in [0.1, 0.15) is 6.04 Å². The van der Waals surface area contributed by atoms with Crippen molar-refractivity contribution in [2.75, 3.05) is 19.9 Å². The van der Waals surface area contributed by atoms with Crippen molar-refractivity contribution in [1.82, 2.24) is 5.32 Å². The zero-order valence-electron chi connectivity index (χ0n) is 10.9. The molecule has 0 aromatic heterocycles. The Morgan fingerprint density at radius 2 is 2.26 bits per heavy atom. The number of hydrogen-bond donors (Lipinski definition) is 1. The molecule has 1 aromatic carbocycles. The van der Waals surface area contributed by atoms with Crippen LogP contribution in [0, 0.1) is 0 Å². The zero-order valence-corrected chi connectivity index (χ0v) is 11.6. The van der Waals surface area contributed by atoms with Gasteiger partial charge in [0.05, 0.1) is 11.6 Å². The molecular weight excluding hydrogens is 270 g/mol. The Morgan fingerprint density at radius 3 is 2.95 bits per heavy atom. The van der Waals surface area contributed by atoms with Crippen LogP contribution in [0.5, 0.6) is 11.5 Å². The second kappa shape index (κ2) is 6.12. The molecule has 0 saturated heterocycles. The Balaban J connectivity index is 2.31. The van der Waals surface area contributed by atoms with Gasteiger partial charge in [-0.3, -0.25) is 0 Å². The van der Waals surface area contributed by atoms with Crippen molar-refractivity contribution in [2.24, 2.45) is 0 Å². The number of hydrogen-bond acceptors (Lipinski definition) is 5. The molecule has 1 aromatic rings. The molecule has 5 nitrogen and oxygen atoms in total. The van der Waals surface area contributed by atoms with Gasteiger partial charge in [-0.1, -0.05) is 18.5 Å². The van der Waals surface area contributed by atoms with Gasteiger partial charge in [-0.2, -0.15) is 0 Å². The summed E-state index contributed by atoms with van der Waals surface area (Å²) in [4.78, 5) is 11.9. The maximum Gasteiger partial charge on any atom is 0.327 e. The van der Waals surface area contributed by atoms with Gasteiger partial charge < -0.3 is 19.5 Å². The molecule has 104 valence electrons. The molecule has 0 spiro atoms. The number of likely N-dealkylation sites (N-methyl/N-ethyl adjacent to an activating group) is 1. The third-order valence-corrected chi connectivity index (χ3v) is 2.99. The van der Waals surface area contributed by atoms with Gasteiger partial charge in [-0.25, -0.2) is 4.79 Å². The topological polar surface area (TPSA) is 56.8 Å². The van der Waals surface area contributed by atoms with Crippen LogP contribution in [-0.4, -0.2) is 25.9 Å². The molecule has 0 amide bonds. The lowest BCUT2D eigenvalue weighted by molar-refractivity contribution is -0.145. The summed E-state index contributed by atoms with van der Waals surface area (Å²) >= 11 is 6.12. The molecule has 2 rings (SSSR count). The van der Waals surface area contributed by atoms with E-state index in [-0.39, 0.29) is 12.8 Å². The second-order valence-electron chi connectivity index (χ2n) is 3.98. The number of carbonyl (C=O) groups is 1. The van der Waals surface area contributed by atoms with Crippen molar-refractivity contribution >= 4 is 17.6 Å². The first-order valence-electron chi connectivity index (χ1n) is 6.16. The van der Waals surface area contributed by atoms with Crippen molar-refractivity contribution in [3.05, 3.63) is 22.7 Å². The summed E-state index contributed by atoms with van der Waals surface area (Å²) in [6.07, 6.45) is 0. The van der Waals surface area contributed by atoms with Gasteiger partial charge in [0.25, 0.3) is 0 Å². The van der Waals surface area contributed by atoms with Crippen LogP contribution in [0.3, 0.4) is 0 Å². The first kappa shape index (κ1) is 14.0. The van der Waals surface area contributed by atoms with Crippen molar-refractivity contribution < 1.29 is 19.0 Å². The molecule has 6 heteroatoms. The van der Waals surface area contributed by atoms with Crippen LogP contribution in [0.1, 0.15) is 25.5 Å². The van der Waals surface area contributed by atoms with E-state index in [0.29, 0.717) is 35.2 Å². The molecule has 1 aliphatic heterocycles. The highest BCUT2D eigenvalue weighted by Crippen LogP contribution is 2.41. The quantitative estimate of drug-likeness (QED) is 0.841. The third-order valence-electron chi connectivity index (χ3n) is 2.71. The molecular formula is C13H16ClNO4. The van der Waals surface area contributed by atoms with E-state index < -0.39 is 6.04 Å². The molecule has 1 N–H and O–H groups in total. The van der Waals surface area contributed by atoms with Crippen LogP contribution >= 0.6 is 11.6 Å². The van der Waals surface area contributed by atoms with E-state index in [2.05, 4.69) is 5.32 Å². The molecule has 1 atom stereocenters. The van der Waals surface area contributed by atoms with E-state index in [1.54, 1.807) is 19.1 Å². The highest BCUT2D eigenvalue weighted by Gasteiger charge is 2.26. The highest BCUT2D eigenvalue weighted by molar-refractivity contribution is 6.32. The second-order valence-corrected chi connectivity index (χ2v) is 4.39. The average molecular weight is 286 g/mol. The highest BCUT2D eigenvalue weighted by atomic mass is 35.5. The smallest absolute Gasteiger partial charge is 0.327 e. The summed E-state index contributed by atoms with van der Waals surface area (Å²) in [5.74, 6) is 0.735. The van der Waals surface area contributed by atoms with Gasteiger partial charge >= 0.3 is 5.97 Å². The fourth-order valence-corrected chi connectivity index (χ4v) is 2.19. The van der Waals surface area contributed by atoms with E-state index >= 15 is 0 Å². The lowest BCUT2D eigenvalue weighted by Crippen LogP contribution is -2.30. The Labute approximate surface area is 116 Å². The van der Waals surface area contributed by atoms with Gasteiger partial charge in [0.2, 0.25) is 6.79 Å². The van der Waals surface area contributed by atoms with E-state index in [4.69, 9.17) is 25.8 Å². The molecule has 1 heterocycles. The molecule has 1 aliphatic rings. The molecule has 1 unspecified atom stereocenters. The number of benzene rings is 1. The van der Waals surface area contributed by atoms with E-state index in [0.717, 1.165) is 0 Å². The normalized spacial score (nSPS) is 14.3. The lowest BCUT2D eigenvalue weighted by atomic mass is 10.1. The van der Waals surface area contributed by atoms with Crippen molar-refractivity contribution in [3.63, 3.8) is 0 Å². The van der Waals surface area contributed by atoms with Crippen LogP contribution in [0.4, 0.5) is 0 Å². The fraction of sp³-hybridized carbons (Fsp3) is 0.462. The largest absolute Gasteiger partial charge is 0.465 e. The fourth-order valence-electron chi connectivity index (χ4n) is 1.92. The maximum absolute atomic E-state index is 11.9. The van der Waals surface area contributed by atoms with Gasteiger partial charge in [-0.15, -0.1) is 0 Å². The van der Waals surface area contributed by atoms with Crippen LogP contribution in [0.25, 0.3) is 0 Å². The lowest BCUT2D eigenvalue weighted by Gasteiger charge is -2.17. The molecule has 0 fully saturated rings. The minimum Gasteiger partial charge on any atom is -0.465 e. The Hall–Kier alpha value is -1.46. The summed E-state index contributed by atoms with van der Waals surface area (Å²) < 4.78 is 15.6. The number of carbonyl (C=O) groups excluding carboxylic acids is 1. The number of esters is 1. The standard InChI is InChI=1S/C13H16ClNO4/c1-3-15-11(13(16)17-4-2)8-5-9(14)12-10(6-8)18-7-19-12/h5-6,11,15H,3-4,7H2,1-2H3. The monoisotopic (exact) mass is 285 g/mol. The Bertz CT molecular complexity index is 478. The number of rotatable bonds is 5. The van der Waals surface area contributed by atoms with Crippen molar-refractivity contribution in [3.8, 4) is 11.5 Å². The van der Waals surface area contributed by atoms with Crippen molar-refractivity contribution in [2.45, 2.75) is 19.9 Å². The van der Waals surface area contributed by atoms with Crippen molar-refractivity contribution in [1.29, 1.82) is 0 Å². The van der Waals surface area contributed by atoms with E-state index in [9.17, 15) is 4.79 Å². The minimum absolute atomic E-state index is 0.143. The number of fused-ring (bicyclic) bond motifs is 1. The van der Waals surface area contributed by atoms with Crippen LogP contribution in [0.2, 0.25) is 5.02 Å². The summed E-state index contributed by atoms with van der Waals surface area (Å²) in [7, 11) is 0.